The second-order valence-corrected chi connectivity index (χ2v) is 5.60. The fraction of sp³-hybridized carbons (Fsp3) is 0.294. The van der Waals surface area contributed by atoms with Crippen molar-refractivity contribution in [2.24, 2.45) is 0 Å². The minimum Gasteiger partial charge on any atom is -0.480 e. The number of rotatable bonds is 5. The Morgan fingerprint density at radius 3 is 2.88 bits per heavy atom. The summed E-state index contributed by atoms with van der Waals surface area (Å²) in [7, 11) is 0. The lowest BCUT2D eigenvalue weighted by Gasteiger charge is -2.18. The second kappa shape index (κ2) is 6.66. The third-order valence-electron chi connectivity index (χ3n) is 3.73. The van der Waals surface area contributed by atoms with Crippen molar-refractivity contribution in [3.8, 4) is 5.75 Å². The van der Waals surface area contributed by atoms with Gasteiger partial charge in [-0.15, -0.1) is 0 Å². The van der Waals surface area contributed by atoms with E-state index in [2.05, 4.69) is 25.3 Å². The maximum absolute atomic E-state index is 12.6. The smallest absolute Gasteiger partial charge is 0.266 e. The highest BCUT2D eigenvalue weighted by Gasteiger charge is 2.21. The van der Waals surface area contributed by atoms with Gasteiger partial charge in [0.15, 0.2) is 17.6 Å². The van der Waals surface area contributed by atoms with Gasteiger partial charge in [0.25, 0.3) is 5.91 Å². The molecule has 7 heteroatoms. The van der Waals surface area contributed by atoms with Crippen LogP contribution < -0.4 is 10.1 Å². The summed E-state index contributed by atoms with van der Waals surface area (Å²) in [6, 6.07) is 5.88. The van der Waals surface area contributed by atoms with E-state index in [1.54, 1.807) is 0 Å². The number of H-pyrrole nitrogens is 1. The molecule has 24 heavy (non-hydrogen) atoms. The molecule has 2 aromatic heterocycles. The van der Waals surface area contributed by atoms with Gasteiger partial charge in [-0.05, 0) is 31.9 Å². The van der Waals surface area contributed by atoms with Gasteiger partial charge in [-0.25, -0.2) is 15.0 Å². The van der Waals surface area contributed by atoms with E-state index >= 15 is 0 Å². The SMILES string of the molecule is CCC(Oc1ccc(C)cc1C)C(=O)Nc1ncnc2nc[nH]c12. The van der Waals surface area contributed by atoms with Gasteiger partial charge >= 0.3 is 0 Å². The first-order valence-electron chi connectivity index (χ1n) is 7.77. The molecule has 1 amide bonds. The average molecular weight is 325 g/mol. The van der Waals surface area contributed by atoms with Crippen LogP contribution in [0.4, 0.5) is 5.82 Å². The van der Waals surface area contributed by atoms with Crippen molar-refractivity contribution in [2.75, 3.05) is 5.32 Å². The minimum atomic E-state index is -0.612. The standard InChI is InChI=1S/C17H19N5O2/c1-4-12(24-13-6-5-10(2)7-11(13)3)17(23)22-16-14-15(19-8-18-14)20-9-21-16/h5-9,12H,4H2,1-3H3,(H2,18,19,20,21,22,23). The molecule has 0 bridgehead atoms. The fourth-order valence-electron chi connectivity index (χ4n) is 2.46. The second-order valence-electron chi connectivity index (χ2n) is 5.60. The Hall–Kier alpha value is -2.96. The Morgan fingerprint density at radius 2 is 2.12 bits per heavy atom. The molecular formula is C17H19N5O2. The van der Waals surface area contributed by atoms with Crippen molar-refractivity contribution in [3.05, 3.63) is 42.0 Å². The maximum Gasteiger partial charge on any atom is 0.266 e. The van der Waals surface area contributed by atoms with E-state index in [1.807, 2.05) is 39.0 Å². The first-order chi connectivity index (χ1) is 11.6. The summed E-state index contributed by atoms with van der Waals surface area (Å²) in [4.78, 5) is 27.7. The molecule has 1 atom stereocenters. The van der Waals surface area contributed by atoms with Crippen molar-refractivity contribution in [3.63, 3.8) is 0 Å². The predicted molar refractivity (Wildman–Crippen MR) is 90.9 cm³/mol. The van der Waals surface area contributed by atoms with Gasteiger partial charge in [0.05, 0.1) is 6.33 Å². The number of aromatic amines is 1. The number of benzene rings is 1. The summed E-state index contributed by atoms with van der Waals surface area (Å²) in [5, 5.41) is 2.79. The van der Waals surface area contributed by atoms with E-state index in [-0.39, 0.29) is 5.91 Å². The van der Waals surface area contributed by atoms with Gasteiger partial charge in [0.2, 0.25) is 0 Å². The van der Waals surface area contributed by atoms with Crippen LogP contribution in [0.2, 0.25) is 0 Å². The zero-order chi connectivity index (χ0) is 17.1. The van der Waals surface area contributed by atoms with E-state index < -0.39 is 6.10 Å². The monoisotopic (exact) mass is 325 g/mol. The van der Waals surface area contributed by atoms with E-state index in [4.69, 9.17) is 4.74 Å². The number of nitrogens with zero attached hydrogens (tertiary/aromatic N) is 3. The number of anilines is 1. The first kappa shape index (κ1) is 15.9. The van der Waals surface area contributed by atoms with Crippen LogP contribution in [0, 0.1) is 13.8 Å². The topological polar surface area (TPSA) is 92.8 Å². The molecule has 124 valence electrons. The lowest BCUT2D eigenvalue weighted by atomic mass is 10.1. The Bertz CT molecular complexity index is 874. The Labute approximate surface area is 139 Å². The molecule has 3 aromatic rings. The highest BCUT2D eigenvalue weighted by molar-refractivity contribution is 5.98. The summed E-state index contributed by atoms with van der Waals surface area (Å²) < 4.78 is 5.90. The van der Waals surface area contributed by atoms with E-state index in [0.717, 1.165) is 11.1 Å². The zero-order valence-electron chi connectivity index (χ0n) is 13.8. The van der Waals surface area contributed by atoms with Crippen molar-refractivity contribution in [1.29, 1.82) is 0 Å². The van der Waals surface area contributed by atoms with E-state index in [0.29, 0.717) is 29.2 Å². The number of fused-ring (bicyclic) bond motifs is 1. The lowest BCUT2D eigenvalue weighted by molar-refractivity contribution is -0.122. The van der Waals surface area contributed by atoms with Crippen LogP contribution in [-0.2, 0) is 4.79 Å². The number of nitrogens with one attached hydrogen (secondary N) is 2. The molecule has 0 aliphatic heterocycles. The van der Waals surface area contributed by atoms with Crippen LogP contribution in [-0.4, -0.2) is 31.9 Å². The summed E-state index contributed by atoms with van der Waals surface area (Å²) in [6.45, 7) is 5.89. The predicted octanol–water partition coefficient (Wildman–Crippen LogP) is 2.77. The average Bonchev–Trinajstić information content (AvgIpc) is 3.04. The summed E-state index contributed by atoms with van der Waals surface area (Å²) >= 11 is 0. The van der Waals surface area contributed by atoms with Gasteiger partial charge in [-0.3, -0.25) is 4.79 Å². The number of carbonyl (C=O) groups is 1. The molecular weight excluding hydrogens is 306 g/mol. The van der Waals surface area contributed by atoms with E-state index in [1.165, 1.54) is 12.7 Å². The molecule has 0 fully saturated rings. The zero-order valence-corrected chi connectivity index (χ0v) is 13.8. The number of aromatic nitrogens is 4. The van der Waals surface area contributed by atoms with Crippen LogP contribution in [0.3, 0.4) is 0 Å². The molecule has 1 aromatic carbocycles. The molecule has 0 radical (unpaired) electrons. The Kier molecular flexibility index (Phi) is 4.41. The molecule has 0 aliphatic carbocycles. The number of hydrogen-bond donors (Lipinski definition) is 2. The van der Waals surface area contributed by atoms with Crippen LogP contribution in [0.1, 0.15) is 24.5 Å². The molecule has 0 saturated carbocycles. The number of hydrogen-bond acceptors (Lipinski definition) is 5. The largest absolute Gasteiger partial charge is 0.480 e. The Morgan fingerprint density at radius 1 is 1.29 bits per heavy atom. The highest BCUT2D eigenvalue weighted by Crippen LogP contribution is 2.22. The van der Waals surface area contributed by atoms with Gasteiger partial charge < -0.3 is 15.0 Å². The first-order valence-corrected chi connectivity index (χ1v) is 7.77. The van der Waals surface area contributed by atoms with Crippen LogP contribution >= 0.6 is 0 Å². The van der Waals surface area contributed by atoms with Gasteiger partial charge in [-0.2, -0.15) is 0 Å². The third-order valence-corrected chi connectivity index (χ3v) is 3.73. The molecule has 2 heterocycles. The lowest BCUT2D eigenvalue weighted by Crippen LogP contribution is -2.33. The Balaban J connectivity index is 1.78. The molecule has 3 rings (SSSR count). The van der Waals surface area contributed by atoms with Crippen molar-refractivity contribution in [2.45, 2.75) is 33.3 Å². The van der Waals surface area contributed by atoms with Crippen molar-refractivity contribution < 1.29 is 9.53 Å². The van der Waals surface area contributed by atoms with Crippen molar-refractivity contribution >= 4 is 22.9 Å². The normalized spacial score (nSPS) is 12.1. The quantitative estimate of drug-likeness (QED) is 0.752. The van der Waals surface area contributed by atoms with Gasteiger partial charge in [-0.1, -0.05) is 24.6 Å². The number of ether oxygens (including phenoxy) is 1. The van der Waals surface area contributed by atoms with Gasteiger partial charge in [0, 0.05) is 0 Å². The molecule has 0 spiro atoms. The molecule has 0 aliphatic rings. The number of imidazole rings is 1. The molecule has 0 saturated heterocycles. The van der Waals surface area contributed by atoms with Crippen molar-refractivity contribution in [1.82, 2.24) is 19.9 Å². The number of amides is 1. The minimum absolute atomic E-state index is 0.257. The summed E-state index contributed by atoms with van der Waals surface area (Å²) in [5.74, 6) is 0.842. The number of carbonyl (C=O) groups excluding carboxylic acids is 1. The summed E-state index contributed by atoms with van der Waals surface area (Å²) in [5.41, 5.74) is 3.25. The van der Waals surface area contributed by atoms with Gasteiger partial charge in [0.1, 0.15) is 17.6 Å². The highest BCUT2D eigenvalue weighted by atomic mass is 16.5. The third kappa shape index (κ3) is 3.19. The van der Waals surface area contributed by atoms with Crippen LogP contribution in [0.25, 0.3) is 11.2 Å². The molecule has 2 N–H and O–H groups in total. The van der Waals surface area contributed by atoms with Crippen LogP contribution in [0.5, 0.6) is 5.75 Å². The summed E-state index contributed by atoms with van der Waals surface area (Å²) in [6.07, 6.45) is 2.80. The molecule has 7 nitrogen and oxygen atoms in total. The number of aryl methyl sites for hydroxylation is 2. The van der Waals surface area contributed by atoms with E-state index in [9.17, 15) is 4.79 Å². The fourth-order valence-corrected chi connectivity index (χ4v) is 2.46. The molecule has 1 unspecified atom stereocenters. The van der Waals surface area contributed by atoms with Crippen LogP contribution in [0.15, 0.2) is 30.9 Å². The maximum atomic E-state index is 12.6.